The molecule has 1 nitrogen and oxygen atoms in total. The monoisotopic (exact) mass is 267 g/mol. The molecule has 0 unspecified atom stereocenters. The molecule has 0 fully saturated rings. The molecule has 0 bridgehead atoms. The van der Waals surface area contributed by atoms with Crippen molar-refractivity contribution < 1.29 is 13.2 Å². The predicted molar refractivity (Wildman–Crippen MR) is 53.4 cm³/mol. The molecule has 0 aromatic heterocycles. The summed E-state index contributed by atoms with van der Waals surface area (Å²) in [6, 6.07) is 2.95. The third-order valence-electron chi connectivity index (χ3n) is 2.04. The van der Waals surface area contributed by atoms with Crippen molar-refractivity contribution in [3.8, 4) is 0 Å². The van der Waals surface area contributed by atoms with Gasteiger partial charge in [-0.1, -0.05) is 6.07 Å². The summed E-state index contributed by atoms with van der Waals surface area (Å²) in [7, 11) is 0. The van der Waals surface area contributed by atoms with Crippen LogP contribution in [0.4, 0.5) is 18.9 Å². The van der Waals surface area contributed by atoms with Gasteiger partial charge in [0.25, 0.3) is 0 Å². The van der Waals surface area contributed by atoms with Crippen LogP contribution in [0.3, 0.4) is 0 Å². The van der Waals surface area contributed by atoms with E-state index in [2.05, 4.69) is 20.5 Å². The number of hydrogen-bond acceptors (Lipinski definition) is 1. The van der Waals surface area contributed by atoms with Crippen LogP contribution in [0.5, 0.6) is 0 Å². The normalized spacial score (nSPS) is 10.3. The third-order valence-corrected chi connectivity index (χ3v) is 2.47. The Morgan fingerprint density at radius 3 is 2.07 bits per heavy atom. The lowest BCUT2D eigenvalue weighted by Gasteiger charge is -2.11. The van der Waals surface area contributed by atoms with Gasteiger partial charge >= 0.3 is 0 Å². The first-order valence-corrected chi connectivity index (χ1v) is 4.76. The fraction of sp³-hybridized carbons (Fsp3) is 0.333. The first-order chi connectivity index (χ1) is 6.78. The van der Waals surface area contributed by atoms with E-state index in [0.29, 0.717) is 5.69 Å². The highest BCUT2D eigenvalue weighted by Crippen LogP contribution is 2.27. The van der Waals surface area contributed by atoms with Crippen LogP contribution in [0.1, 0.15) is 16.7 Å². The fourth-order valence-corrected chi connectivity index (χ4v) is 1.65. The van der Waals surface area contributed by atoms with Crippen molar-refractivity contribution in [2.45, 2.75) is 20.0 Å². The van der Waals surface area contributed by atoms with Gasteiger partial charge in [0, 0.05) is 21.7 Å². The maximum absolute atomic E-state index is 12.6. The molecular formula is C9H9BrF3N. The number of rotatable bonds is 4. The highest BCUT2D eigenvalue weighted by Gasteiger charge is 2.12. The summed E-state index contributed by atoms with van der Waals surface area (Å²) in [5.41, 5.74) is 0.892. The average Bonchev–Trinajstić information content (AvgIpc) is 2.26. The predicted octanol–water partition coefficient (Wildman–Crippen LogP) is 3.82. The summed E-state index contributed by atoms with van der Waals surface area (Å²) in [6.45, 7) is -2.46. The van der Waals surface area contributed by atoms with E-state index in [1.807, 2.05) is 0 Å². The Hall–Kier alpha value is -0.710. The second-order valence-corrected chi connectivity index (χ2v) is 3.12. The molecule has 5 heteroatoms. The number of nitrogens with one attached hydrogen (secondary N) is 1. The van der Waals surface area contributed by atoms with E-state index in [1.165, 1.54) is 12.1 Å². The van der Waals surface area contributed by atoms with E-state index >= 15 is 0 Å². The van der Waals surface area contributed by atoms with Crippen molar-refractivity contribution in [3.05, 3.63) is 28.8 Å². The molecule has 78 valence electrons. The van der Waals surface area contributed by atoms with Crippen LogP contribution < -0.4 is 4.34 Å². The van der Waals surface area contributed by atoms with E-state index in [-0.39, 0.29) is 16.7 Å². The molecule has 1 rings (SSSR count). The quantitative estimate of drug-likeness (QED) is 0.818. The molecule has 0 radical (unpaired) electrons. The zero-order valence-electron chi connectivity index (χ0n) is 7.29. The highest BCUT2D eigenvalue weighted by molar-refractivity contribution is 9.10. The molecule has 0 spiro atoms. The number of benzene rings is 1. The zero-order chi connectivity index (χ0) is 10.6. The first kappa shape index (κ1) is 11.4. The maximum Gasteiger partial charge on any atom is 0.117 e. The van der Waals surface area contributed by atoms with Gasteiger partial charge in [0.2, 0.25) is 0 Å². The second kappa shape index (κ2) is 5.24. The van der Waals surface area contributed by atoms with Crippen molar-refractivity contribution in [2.75, 3.05) is 4.34 Å². The van der Waals surface area contributed by atoms with Crippen molar-refractivity contribution in [1.29, 1.82) is 0 Å². The Labute approximate surface area is 88.7 Å². The van der Waals surface area contributed by atoms with Crippen molar-refractivity contribution >= 4 is 21.8 Å². The van der Waals surface area contributed by atoms with E-state index in [9.17, 15) is 13.2 Å². The van der Waals surface area contributed by atoms with Gasteiger partial charge in [-0.05, 0) is 17.2 Å². The van der Waals surface area contributed by atoms with Gasteiger partial charge in [-0.25, -0.2) is 13.2 Å². The first-order valence-electron chi connectivity index (χ1n) is 3.96. The van der Waals surface area contributed by atoms with Crippen molar-refractivity contribution in [1.82, 2.24) is 0 Å². The lowest BCUT2D eigenvalue weighted by molar-refractivity contribution is 0.437. The van der Waals surface area contributed by atoms with Gasteiger partial charge in [0.05, 0.1) is 5.69 Å². The minimum atomic E-state index is -0.860. The fourth-order valence-electron chi connectivity index (χ4n) is 1.27. The van der Waals surface area contributed by atoms with Crippen LogP contribution in [-0.2, 0) is 20.0 Å². The number of hydrogen-bond donors (Lipinski definition) is 1. The van der Waals surface area contributed by atoms with Gasteiger partial charge < -0.3 is 4.34 Å². The minimum absolute atomic E-state index is 0.0967. The molecule has 0 aliphatic rings. The molecular weight excluding hydrogens is 259 g/mol. The molecule has 0 amide bonds. The largest absolute Gasteiger partial charge is 0.322 e. The smallest absolute Gasteiger partial charge is 0.117 e. The molecule has 0 aliphatic heterocycles. The number of anilines is 1. The highest BCUT2D eigenvalue weighted by atomic mass is 79.9. The van der Waals surface area contributed by atoms with E-state index < -0.39 is 20.0 Å². The van der Waals surface area contributed by atoms with Crippen LogP contribution >= 0.6 is 16.1 Å². The summed E-state index contributed by atoms with van der Waals surface area (Å²) >= 11 is 2.93. The lowest BCUT2D eigenvalue weighted by Crippen LogP contribution is -1.99. The Bertz CT molecular complexity index is 286. The topological polar surface area (TPSA) is 12.0 Å². The summed E-state index contributed by atoms with van der Waals surface area (Å²) in [6.07, 6.45) is 0. The third kappa shape index (κ3) is 2.03. The summed E-state index contributed by atoms with van der Waals surface area (Å²) in [4.78, 5) is 0. The summed E-state index contributed by atoms with van der Waals surface area (Å²) in [5.74, 6) is 0. The molecule has 0 saturated heterocycles. The van der Waals surface area contributed by atoms with Gasteiger partial charge in [-0.2, -0.15) is 0 Å². The summed E-state index contributed by atoms with van der Waals surface area (Å²) in [5, 5.41) is 0. The number of halogens is 4. The van der Waals surface area contributed by atoms with Crippen LogP contribution in [0, 0.1) is 0 Å². The Morgan fingerprint density at radius 1 is 1.00 bits per heavy atom. The van der Waals surface area contributed by atoms with Crippen LogP contribution in [-0.4, -0.2) is 0 Å². The van der Waals surface area contributed by atoms with Gasteiger partial charge in [-0.15, -0.1) is 0 Å². The Morgan fingerprint density at radius 2 is 1.64 bits per heavy atom. The molecule has 1 aromatic rings. The maximum atomic E-state index is 12.6. The molecule has 0 atom stereocenters. The van der Waals surface area contributed by atoms with Crippen LogP contribution in [0.15, 0.2) is 12.1 Å². The van der Waals surface area contributed by atoms with Crippen LogP contribution in [0.25, 0.3) is 0 Å². The summed E-state index contributed by atoms with van der Waals surface area (Å²) < 4.78 is 40.1. The zero-order valence-corrected chi connectivity index (χ0v) is 8.87. The molecule has 1 aromatic carbocycles. The van der Waals surface area contributed by atoms with E-state index in [0.717, 1.165) is 0 Å². The molecule has 0 aliphatic carbocycles. The lowest BCUT2D eigenvalue weighted by atomic mass is 10.0. The van der Waals surface area contributed by atoms with Gasteiger partial charge in [0.1, 0.15) is 20.0 Å². The van der Waals surface area contributed by atoms with Gasteiger partial charge in [0.15, 0.2) is 0 Å². The van der Waals surface area contributed by atoms with Crippen molar-refractivity contribution in [3.63, 3.8) is 0 Å². The second-order valence-electron chi connectivity index (χ2n) is 2.72. The average molecular weight is 268 g/mol. The Balaban J connectivity index is 3.28. The standard InChI is InChI=1S/C9H9BrF3N/c10-14-9-2-1-6(3-11)7(4-12)8(9)5-13/h1-2,14H,3-5H2. The molecule has 0 saturated carbocycles. The van der Waals surface area contributed by atoms with E-state index in [4.69, 9.17) is 0 Å². The number of alkyl halides is 3. The van der Waals surface area contributed by atoms with E-state index in [1.54, 1.807) is 0 Å². The SMILES string of the molecule is FCc1ccc(NBr)c(CF)c1CF. The van der Waals surface area contributed by atoms with Gasteiger partial charge in [-0.3, -0.25) is 0 Å². The molecule has 14 heavy (non-hydrogen) atoms. The molecule has 1 N–H and O–H groups in total. The van der Waals surface area contributed by atoms with Crippen molar-refractivity contribution in [2.24, 2.45) is 0 Å². The van der Waals surface area contributed by atoms with Crippen LogP contribution in [0.2, 0.25) is 0 Å². The Kier molecular flexibility index (Phi) is 4.25. The minimum Gasteiger partial charge on any atom is -0.322 e. The molecule has 0 heterocycles.